The first kappa shape index (κ1) is 19.3. The molecule has 3 aliphatic rings. The summed E-state index contributed by atoms with van der Waals surface area (Å²) in [6.07, 6.45) is 0.601. The van der Waals surface area contributed by atoms with Crippen LogP contribution in [0.15, 0.2) is 35.4 Å². The number of carbonyl (C=O) groups excluding carboxylic acids is 2. The number of esters is 2. The van der Waals surface area contributed by atoms with Gasteiger partial charge in [0.25, 0.3) is 0 Å². The summed E-state index contributed by atoms with van der Waals surface area (Å²) in [6.45, 7) is 1.73. The molecule has 0 fully saturated rings. The molecule has 160 valence electrons. The molecule has 0 N–H and O–H groups in total. The Kier molecular flexibility index (Phi) is 4.50. The van der Waals surface area contributed by atoms with E-state index in [1.165, 1.54) is 21.1 Å². The fourth-order valence-corrected chi connectivity index (χ4v) is 4.39. The molecule has 2 heterocycles. The zero-order valence-corrected chi connectivity index (χ0v) is 17.3. The number of hydrogen-bond acceptors (Lipinski definition) is 8. The monoisotopic (exact) mass is 424 g/mol. The number of ether oxygens (including phenoxy) is 6. The second-order valence-electron chi connectivity index (χ2n) is 7.46. The Morgan fingerprint density at radius 1 is 1.00 bits per heavy atom. The van der Waals surface area contributed by atoms with Crippen LogP contribution < -0.4 is 23.7 Å². The molecule has 8 heteroatoms. The molecule has 0 saturated carbocycles. The van der Waals surface area contributed by atoms with E-state index in [1.807, 2.05) is 12.1 Å². The molecular formula is C23H20O8. The van der Waals surface area contributed by atoms with Crippen LogP contribution in [0.3, 0.4) is 0 Å². The molecule has 0 radical (unpaired) electrons. The van der Waals surface area contributed by atoms with Gasteiger partial charge in [-0.05, 0) is 52.9 Å². The van der Waals surface area contributed by atoms with Gasteiger partial charge in [0.05, 0.1) is 19.8 Å². The lowest BCUT2D eigenvalue weighted by Crippen LogP contribution is -2.18. The van der Waals surface area contributed by atoms with Crippen LogP contribution in [0.25, 0.3) is 0 Å². The Labute approximate surface area is 178 Å². The summed E-state index contributed by atoms with van der Waals surface area (Å²) < 4.78 is 32.8. The molecule has 2 aromatic rings. The van der Waals surface area contributed by atoms with E-state index in [0.29, 0.717) is 35.0 Å². The number of benzene rings is 2. The standard InChI is InChI=1S/C23H20O8/c1-11(24)31-22-18(26-2)6-13(7-19(22)27-3)20-15-8-17-16(29-10-30-17)5-12(15)4-14-9-28-23(25)21(14)20/h5-8,20H,4,9-10H2,1-3H3. The van der Waals surface area contributed by atoms with Crippen LogP contribution in [0.2, 0.25) is 0 Å². The molecular weight excluding hydrogens is 404 g/mol. The normalized spacial score (nSPS) is 18.3. The summed E-state index contributed by atoms with van der Waals surface area (Å²) in [7, 11) is 2.96. The SMILES string of the molecule is COc1cc(C2C3=C(COC3=O)Cc3cc4c(cc32)OCO4)cc(OC)c1OC(C)=O. The van der Waals surface area contributed by atoms with Crippen LogP contribution >= 0.6 is 0 Å². The third kappa shape index (κ3) is 3.06. The molecule has 1 atom stereocenters. The quantitative estimate of drug-likeness (QED) is 0.547. The predicted molar refractivity (Wildman–Crippen MR) is 107 cm³/mol. The molecule has 0 saturated heterocycles. The Bertz CT molecular complexity index is 1120. The van der Waals surface area contributed by atoms with E-state index in [1.54, 1.807) is 12.1 Å². The molecule has 1 unspecified atom stereocenters. The molecule has 1 aliphatic carbocycles. The second-order valence-corrected chi connectivity index (χ2v) is 7.46. The average molecular weight is 424 g/mol. The van der Waals surface area contributed by atoms with Crippen LogP contribution in [-0.4, -0.2) is 39.6 Å². The fourth-order valence-electron chi connectivity index (χ4n) is 4.39. The van der Waals surface area contributed by atoms with Crippen LogP contribution in [0.1, 0.15) is 29.5 Å². The third-order valence-electron chi connectivity index (χ3n) is 5.68. The van der Waals surface area contributed by atoms with Crippen LogP contribution in [0.5, 0.6) is 28.7 Å². The van der Waals surface area contributed by atoms with Gasteiger partial charge in [-0.1, -0.05) is 0 Å². The van der Waals surface area contributed by atoms with Crippen molar-refractivity contribution in [3.05, 3.63) is 52.1 Å². The maximum absolute atomic E-state index is 12.7. The number of hydrogen-bond donors (Lipinski definition) is 0. The predicted octanol–water partition coefficient (Wildman–Crippen LogP) is 2.90. The molecule has 0 amide bonds. The van der Waals surface area contributed by atoms with Gasteiger partial charge in [-0.15, -0.1) is 0 Å². The molecule has 0 bridgehead atoms. The summed E-state index contributed by atoms with van der Waals surface area (Å²) in [5, 5.41) is 0. The minimum atomic E-state index is -0.496. The van der Waals surface area contributed by atoms with E-state index in [0.717, 1.165) is 22.3 Å². The smallest absolute Gasteiger partial charge is 0.335 e. The van der Waals surface area contributed by atoms with Crippen molar-refractivity contribution in [2.75, 3.05) is 27.6 Å². The van der Waals surface area contributed by atoms with Crippen LogP contribution in [-0.2, 0) is 20.7 Å². The lowest BCUT2D eigenvalue weighted by molar-refractivity contribution is -0.136. The van der Waals surface area contributed by atoms with E-state index in [2.05, 4.69) is 0 Å². The highest BCUT2D eigenvalue weighted by atomic mass is 16.7. The van der Waals surface area contributed by atoms with Gasteiger partial charge in [0.1, 0.15) is 6.61 Å². The summed E-state index contributed by atoms with van der Waals surface area (Å²) >= 11 is 0. The van der Waals surface area contributed by atoms with Gasteiger partial charge >= 0.3 is 11.9 Å². The second kappa shape index (κ2) is 7.23. The summed E-state index contributed by atoms with van der Waals surface area (Å²) in [6, 6.07) is 7.37. The van der Waals surface area contributed by atoms with Gasteiger partial charge in [-0.2, -0.15) is 0 Å². The average Bonchev–Trinajstić information content (AvgIpc) is 3.36. The molecule has 8 nitrogen and oxygen atoms in total. The van der Waals surface area contributed by atoms with Gasteiger partial charge in [-0.3, -0.25) is 4.79 Å². The van der Waals surface area contributed by atoms with E-state index in [-0.39, 0.29) is 25.1 Å². The Morgan fingerprint density at radius 3 is 2.32 bits per heavy atom. The first-order valence-corrected chi connectivity index (χ1v) is 9.76. The van der Waals surface area contributed by atoms with Crippen molar-refractivity contribution in [3.63, 3.8) is 0 Å². The molecule has 0 spiro atoms. The Morgan fingerprint density at radius 2 is 1.68 bits per heavy atom. The highest BCUT2D eigenvalue weighted by Gasteiger charge is 2.40. The molecule has 2 aliphatic heterocycles. The van der Waals surface area contributed by atoms with Gasteiger partial charge < -0.3 is 28.4 Å². The van der Waals surface area contributed by atoms with Crippen LogP contribution in [0, 0.1) is 0 Å². The van der Waals surface area contributed by atoms with Crippen molar-refractivity contribution in [2.24, 2.45) is 0 Å². The minimum absolute atomic E-state index is 0.163. The molecule has 0 aromatic heterocycles. The summed E-state index contributed by atoms with van der Waals surface area (Å²) in [4.78, 5) is 24.3. The maximum atomic E-state index is 12.7. The van der Waals surface area contributed by atoms with Crippen molar-refractivity contribution in [1.82, 2.24) is 0 Å². The van der Waals surface area contributed by atoms with Gasteiger partial charge in [0.15, 0.2) is 23.0 Å². The van der Waals surface area contributed by atoms with E-state index >= 15 is 0 Å². The van der Waals surface area contributed by atoms with Gasteiger partial charge in [0.2, 0.25) is 12.5 Å². The fraction of sp³-hybridized carbons (Fsp3) is 0.304. The van der Waals surface area contributed by atoms with Gasteiger partial charge in [0, 0.05) is 12.8 Å². The molecule has 2 aromatic carbocycles. The third-order valence-corrected chi connectivity index (χ3v) is 5.68. The van der Waals surface area contributed by atoms with E-state index in [4.69, 9.17) is 28.4 Å². The Balaban J connectivity index is 1.72. The Hall–Kier alpha value is -3.68. The number of cyclic esters (lactones) is 1. The minimum Gasteiger partial charge on any atom is -0.493 e. The zero-order valence-electron chi connectivity index (χ0n) is 17.3. The van der Waals surface area contributed by atoms with Crippen molar-refractivity contribution in [2.45, 2.75) is 19.3 Å². The van der Waals surface area contributed by atoms with E-state index < -0.39 is 11.9 Å². The van der Waals surface area contributed by atoms with Gasteiger partial charge in [-0.25, -0.2) is 4.79 Å². The number of carbonyl (C=O) groups is 2. The molecule has 5 rings (SSSR count). The topological polar surface area (TPSA) is 89.5 Å². The zero-order chi connectivity index (χ0) is 21.7. The van der Waals surface area contributed by atoms with E-state index in [9.17, 15) is 9.59 Å². The largest absolute Gasteiger partial charge is 0.493 e. The first-order chi connectivity index (χ1) is 15.0. The van der Waals surface area contributed by atoms with Crippen molar-refractivity contribution in [1.29, 1.82) is 0 Å². The van der Waals surface area contributed by atoms with Crippen molar-refractivity contribution < 1.29 is 38.0 Å². The number of methoxy groups -OCH3 is 2. The number of fused-ring (bicyclic) bond motifs is 2. The van der Waals surface area contributed by atoms with Crippen LogP contribution in [0.4, 0.5) is 0 Å². The molecule has 31 heavy (non-hydrogen) atoms. The van der Waals surface area contributed by atoms with Crippen molar-refractivity contribution >= 4 is 11.9 Å². The first-order valence-electron chi connectivity index (χ1n) is 9.76. The number of rotatable bonds is 4. The summed E-state index contributed by atoms with van der Waals surface area (Å²) in [5.74, 6) is 0.900. The van der Waals surface area contributed by atoms with Crippen molar-refractivity contribution in [3.8, 4) is 28.7 Å². The highest BCUT2D eigenvalue weighted by Crippen LogP contribution is 2.50. The highest BCUT2D eigenvalue weighted by molar-refractivity contribution is 5.95. The maximum Gasteiger partial charge on any atom is 0.335 e. The summed E-state index contributed by atoms with van der Waals surface area (Å²) in [5.41, 5.74) is 4.24. The lowest BCUT2D eigenvalue weighted by atomic mass is 9.75. The lowest BCUT2D eigenvalue weighted by Gasteiger charge is -2.27.